The largest absolute Gasteiger partial charge is 0.450 e. The molecule has 1 aliphatic carbocycles. The molecule has 29 heavy (non-hydrogen) atoms. The summed E-state index contributed by atoms with van der Waals surface area (Å²) < 4.78 is 4.76. The molecule has 2 aromatic rings. The van der Waals surface area contributed by atoms with Gasteiger partial charge in [0.05, 0.1) is 17.1 Å². The highest BCUT2D eigenvalue weighted by molar-refractivity contribution is 7.17. The SMILES string of the molecule is CCOC(=O)NC(=O)c1c(NC(=O)c2ccccc2[N+](=O)[O-])sc2c1CCCC2. The minimum absolute atomic E-state index is 0.111. The van der Waals surface area contributed by atoms with E-state index in [1.807, 2.05) is 0 Å². The van der Waals surface area contributed by atoms with Crippen molar-refractivity contribution in [1.82, 2.24) is 5.32 Å². The number of fused-ring (bicyclic) bond motifs is 1. The number of nitrogens with one attached hydrogen (secondary N) is 2. The second-order valence-electron chi connectivity index (χ2n) is 6.32. The van der Waals surface area contributed by atoms with Gasteiger partial charge in [-0.3, -0.25) is 25.0 Å². The first-order valence-electron chi connectivity index (χ1n) is 9.09. The van der Waals surface area contributed by atoms with Gasteiger partial charge in [-0.25, -0.2) is 4.79 Å². The number of thiophene rings is 1. The summed E-state index contributed by atoms with van der Waals surface area (Å²) >= 11 is 1.25. The third-order valence-corrected chi connectivity index (χ3v) is 5.67. The molecular formula is C19H19N3O6S. The van der Waals surface area contributed by atoms with E-state index in [2.05, 4.69) is 10.6 Å². The van der Waals surface area contributed by atoms with E-state index in [0.717, 1.165) is 29.7 Å². The minimum Gasteiger partial charge on any atom is -0.450 e. The highest BCUT2D eigenvalue weighted by Crippen LogP contribution is 2.38. The molecule has 1 aliphatic rings. The van der Waals surface area contributed by atoms with Gasteiger partial charge in [0, 0.05) is 10.9 Å². The first-order valence-corrected chi connectivity index (χ1v) is 9.91. The van der Waals surface area contributed by atoms with Gasteiger partial charge in [-0.15, -0.1) is 11.3 Å². The molecule has 152 valence electrons. The Bertz CT molecular complexity index is 984. The number of carbonyl (C=O) groups is 3. The summed E-state index contributed by atoms with van der Waals surface area (Å²) in [6.07, 6.45) is 2.40. The molecule has 1 aromatic heterocycles. The number of ether oxygens (including phenoxy) is 1. The lowest BCUT2D eigenvalue weighted by molar-refractivity contribution is -0.385. The Labute approximate surface area is 170 Å². The van der Waals surface area contributed by atoms with Crippen LogP contribution in [0.4, 0.5) is 15.5 Å². The van der Waals surface area contributed by atoms with Gasteiger partial charge in [0.2, 0.25) is 0 Å². The number of anilines is 1. The van der Waals surface area contributed by atoms with Crippen molar-refractivity contribution in [2.75, 3.05) is 11.9 Å². The maximum absolute atomic E-state index is 12.7. The Morgan fingerprint density at radius 1 is 1.17 bits per heavy atom. The van der Waals surface area contributed by atoms with E-state index >= 15 is 0 Å². The molecule has 0 spiro atoms. The smallest absolute Gasteiger partial charge is 0.414 e. The fourth-order valence-electron chi connectivity index (χ4n) is 3.21. The molecule has 1 aromatic carbocycles. The third-order valence-electron chi connectivity index (χ3n) is 4.46. The number of carbonyl (C=O) groups excluding carboxylic acids is 3. The number of nitrogens with zero attached hydrogens (tertiary/aromatic N) is 1. The zero-order valence-electron chi connectivity index (χ0n) is 15.6. The van der Waals surface area contributed by atoms with Crippen LogP contribution in [-0.2, 0) is 17.6 Å². The highest BCUT2D eigenvalue weighted by Gasteiger charge is 2.29. The first-order chi connectivity index (χ1) is 13.9. The molecule has 0 aliphatic heterocycles. The zero-order valence-corrected chi connectivity index (χ0v) is 16.5. The number of benzene rings is 1. The molecule has 9 nitrogen and oxygen atoms in total. The second-order valence-corrected chi connectivity index (χ2v) is 7.42. The predicted molar refractivity (Wildman–Crippen MR) is 106 cm³/mol. The summed E-state index contributed by atoms with van der Waals surface area (Å²) in [5.74, 6) is -1.36. The molecule has 0 radical (unpaired) electrons. The van der Waals surface area contributed by atoms with E-state index in [-0.39, 0.29) is 28.4 Å². The van der Waals surface area contributed by atoms with E-state index in [4.69, 9.17) is 4.74 Å². The van der Waals surface area contributed by atoms with Gasteiger partial charge in [-0.05, 0) is 44.2 Å². The van der Waals surface area contributed by atoms with Gasteiger partial charge in [0.1, 0.15) is 10.6 Å². The molecule has 0 atom stereocenters. The third kappa shape index (κ3) is 4.43. The van der Waals surface area contributed by atoms with Gasteiger partial charge < -0.3 is 10.1 Å². The van der Waals surface area contributed by atoms with Gasteiger partial charge in [-0.2, -0.15) is 0 Å². The van der Waals surface area contributed by atoms with Crippen LogP contribution < -0.4 is 10.6 Å². The lowest BCUT2D eigenvalue weighted by atomic mass is 9.95. The highest BCUT2D eigenvalue weighted by atomic mass is 32.1. The lowest BCUT2D eigenvalue weighted by Crippen LogP contribution is -2.32. The monoisotopic (exact) mass is 417 g/mol. The Morgan fingerprint density at radius 2 is 1.90 bits per heavy atom. The van der Waals surface area contributed by atoms with E-state index in [1.165, 1.54) is 35.6 Å². The number of amides is 3. The maximum atomic E-state index is 12.7. The molecule has 1 heterocycles. The maximum Gasteiger partial charge on any atom is 0.414 e. The minimum atomic E-state index is -0.871. The zero-order chi connectivity index (χ0) is 21.0. The molecule has 2 N–H and O–H groups in total. The molecule has 10 heteroatoms. The normalized spacial score (nSPS) is 12.6. The van der Waals surface area contributed by atoms with Crippen molar-refractivity contribution in [1.29, 1.82) is 0 Å². The number of nitro benzene ring substituents is 1. The number of rotatable bonds is 5. The summed E-state index contributed by atoms with van der Waals surface area (Å²) in [4.78, 5) is 48.6. The van der Waals surface area contributed by atoms with E-state index in [0.29, 0.717) is 6.42 Å². The average molecular weight is 417 g/mol. The summed E-state index contributed by atoms with van der Waals surface area (Å²) in [5, 5.41) is 16.3. The Balaban J connectivity index is 1.94. The Kier molecular flexibility index (Phi) is 6.23. The average Bonchev–Trinajstić information content (AvgIpc) is 3.05. The lowest BCUT2D eigenvalue weighted by Gasteiger charge is -2.13. The van der Waals surface area contributed by atoms with E-state index in [9.17, 15) is 24.5 Å². The summed E-state index contributed by atoms with van der Waals surface area (Å²) in [5.41, 5.74) is 0.565. The molecule has 0 bridgehead atoms. The number of hydrogen-bond acceptors (Lipinski definition) is 7. The van der Waals surface area contributed by atoms with Crippen LogP contribution in [0.5, 0.6) is 0 Å². The van der Waals surface area contributed by atoms with E-state index in [1.54, 1.807) is 6.92 Å². The van der Waals surface area contributed by atoms with Gasteiger partial charge in [-0.1, -0.05) is 12.1 Å². The van der Waals surface area contributed by atoms with Crippen molar-refractivity contribution < 1.29 is 24.0 Å². The van der Waals surface area contributed by atoms with Crippen molar-refractivity contribution in [3.8, 4) is 0 Å². The van der Waals surface area contributed by atoms with Crippen LogP contribution >= 0.6 is 11.3 Å². The van der Waals surface area contributed by atoms with E-state index < -0.39 is 22.8 Å². The summed E-state index contributed by atoms with van der Waals surface area (Å²) in [7, 11) is 0. The van der Waals surface area contributed by atoms with Gasteiger partial charge in [0.25, 0.3) is 17.5 Å². The number of nitro groups is 1. The van der Waals surface area contributed by atoms with Crippen molar-refractivity contribution >= 4 is 39.9 Å². The van der Waals surface area contributed by atoms with Crippen molar-refractivity contribution in [3.05, 3.63) is 55.9 Å². The molecule has 0 fully saturated rings. The molecular weight excluding hydrogens is 398 g/mol. The number of imide groups is 1. The summed E-state index contributed by atoms with van der Waals surface area (Å²) in [6.45, 7) is 1.73. The van der Waals surface area contributed by atoms with Crippen LogP contribution in [0.15, 0.2) is 24.3 Å². The number of aryl methyl sites for hydroxylation is 1. The van der Waals surface area contributed by atoms with Crippen molar-refractivity contribution in [3.63, 3.8) is 0 Å². The van der Waals surface area contributed by atoms with Crippen molar-refractivity contribution in [2.24, 2.45) is 0 Å². The fraction of sp³-hybridized carbons (Fsp3) is 0.316. The molecule has 0 unspecified atom stereocenters. The van der Waals surface area contributed by atoms with Crippen molar-refractivity contribution in [2.45, 2.75) is 32.6 Å². The molecule has 0 saturated heterocycles. The number of para-hydroxylation sites is 1. The first kappa shape index (κ1) is 20.5. The Hall–Kier alpha value is -3.27. The second kappa shape index (κ2) is 8.82. The Morgan fingerprint density at radius 3 is 2.62 bits per heavy atom. The quantitative estimate of drug-likeness (QED) is 0.564. The van der Waals surface area contributed by atoms with Gasteiger partial charge >= 0.3 is 6.09 Å². The molecule has 3 amide bonds. The standard InChI is InChI=1S/C19H19N3O6S/c1-2-28-19(25)21-17(24)15-12-8-4-6-10-14(12)29-18(15)20-16(23)11-7-3-5-9-13(11)22(26)27/h3,5,7,9H,2,4,6,8,10H2,1H3,(H,20,23)(H,21,24,25). The van der Waals surface area contributed by atoms with Gasteiger partial charge in [0.15, 0.2) is 0 Å². The van der Waals surface area contributed by atoms with Crippen LogP contribution in [0.3, 0.4) is 0 Å². The topological polar surface area (TPSA) is 128 Å². The van der Waals surface area contributed by atoms with Crippen LogP contribution in [0.2, 0.25) is 0 Å². The predicted octanol–water partition coefficient (Wildman–Crippen LogP) is 3.67. The fourth-order valence-corrected chi connectivity index (χ4v) is 4.49. The van der Waals surface area contributed by atoms with Crippen LogP contribution in [0.25, 0.3) is 0 Å². The van der Waals surface area contributed by atoms with Crippen LogP contribution in [0, 0.1) is 10.1 Å². The number of alkyl carbamates (subject to hydrolysis) is 1. The van der Waals surface area contributed by atoms with Crippen LogP contribution in [0.1, 0.15) is 50.9 Å². The summed E-state index contributed by atoms with van der Waals surface area (Å²) in [6, 6.07) is 5.58. The molecule has 0 saturated carbocycles. The van der Waals surface area contributed by atoms with Crippen LogP contribution in [-0.4, -0.2) is 29.4 Å². The molecule has 3 rings (SSSR count). The number of hydrogen-bond donors (Lipinski definition) is 2.